The summed E-state index contributed by atoms with van der Waals surface area (Å²) >= 11 is 0. The predicted octanol–water partition coefficient (Wildman–Crippen LogP) is 3.83. The van der Waals surface area contributed by atoms with E-state index in [1.54, 1.807) is 31.3 Å². The van der Waals surface area contributed by atoms with Crippen LogP contribution in [0.1, 0.15) is 35.6 Å². The maximum atomic E-state index is 13.4. The highest BCUT2D eigenvalue weighted by atomic mass is 19.1. The molecule has 0 spiro atoms. The van der Waals surface area contributed by atoms with Gasteiger partial charge in [0.25, 0.3) is 0 Å². The van der Waals surface area contributed by atoms with Gasteiger partial charge in [-0.1, -0.05) is 12.1 Å². The standard InChI is InChI=1S/C23H27FN2O4/c1-28-20-12-16-9-10-26(14-17(16)13-21(20)29-2)23(27)25-22(19-4-3-11-30-19)15-5-7-18(24)8-6-15/h5-8,12-13,19,22H,3-4,9-11,14H2,1-2H3,(H,25,27). The van der Waals surface area contributed by atoms with E-state index in [4.69, 9.17) is 14.2 Å². The minimum Gasteiger partial charge on any atom is -0.493 e. The number of nitrogens with zero attached hydrogens (tertiary/aromatic N) is 1. The summed E-state index contributed by atoms with van der Waals surface area (Å²) in [5, 5.41) is 3.13. The van der Waals surface area contributed by atoms with Gasteiger partial charge in [-0.3, -0.25) is 0 Å². The minimum absolute atomic E-state index is 0.110. The van der Waals surface area contributed by atoms with Gasteiger partial charge in [-0.25, -0.2) is 9.18 Å². The van der Waals surface area contributed by atoms with E-state index in [0.29, 0.717) is 31.2 Å². The summed E-state index contributed by atoms with van der Waals surface area (Å²) in [4.78, 5) is 14.9. The normalized spacial score (nSPS) is 19.2. The Labute approximate surface area is 175 Å². The SMILES string of the molecule is COc1cc2c(cc1OC)CN(C(=O)NC(c1ccc(F)cc1)C1CCCO1)CC2. The molecule has 2 aliphatic rings. The van der Waals surface area contributed by atoms with Crippen LogP contribution >= 0.6 is 0 Å². The van der Waals surface area contributed by atoms with Gasteiger partial charge in [0.05, 0.1) is 26.4 Å². The summed E-state index contributed by atoms with van der Waals surface area (Å²) < 4.78 is 30.0. The van der Waals surface area contributed by atoms with Crippen LogP contribution in [0.5, 0.6) is 11.5 Å². The first-order valence-corrected chi connectivity index (χ1v) is 10.3. The Morgan fingerprint density at radius 2 is 1.87 bits per heavy atom. The van der Waals surface area contributed by atoms with Gasteiger partial charge < -0.3 is 24.4 Å². The summed E-state index contributed by atoms with van der Waals surface area (Å²) in [7, 11) is 3.22. The minimum atomic E-state index is -0.313. The molecule has 0 aliphatic carbocycles. The molecule has 0 radical (unpaired) electrons. The van der Waals surface area contributed by atoms with Gasteiger partial charge in [0.1, 0.15) is 5.82 Å². The van der Waals surface area contributed by atoms with Gasteiger partial charge >= 0.3 is 6.03 Å². The molecule has 30 heavy (non-hydrogen) atoms. The second-order valence-corrected chi connectivity index (χ2v) is 7.68. The van der Waals surface area contributed by atoms with Crippen LogP contribution in [-0.4, -0.2) is 44.4 Å². The molecule has 160 valence electrons. The van der Waals surface area contributed by atoms with Crippen LogP contribution in [0.3, 0.4) is 0 Å². The smallest absolute Gasteiger partial charge is 0.318 e. The van der Waals surface area contributed by atoms with E-state index in [9.17, 15) is 9.18 Å². The number of rotatable bonds is 5. The molecule has 6 nitrogen and oxygen atoms in total. The highest BCUT2D eigenvalue weighted by molar-refractivity contribution is 5.75. The van der Waals surface area contributed by atoms with Crippen LogP contribution in [0.4, 0.5) is 9.18 Å². The van der Waals surface area contributed by atoms with E-state index < -0.39 is 0 Å². The van der Waals surface area contributed by atoms with Crippen molar-refractivity contribution in [1.82, 2.24) is 10.2 Å². The maximum absolute atomic E-state index is 13.4. The Hall–Kier alpha value is -2.80. The fourth-order valence-electron chi connectivity index (χ4n) is 4.21. The number of nitrogens with one attached hydrogen (secondary N) is 1. The Morgan fingerprint density at radius 3 is 2.50 bits per heavy atom. The molecule has 2 amide bonds. The first-order valence-electron chi connectivity index (χ1n) is 10.3. The lowest BCUT2D eigenvalue weighted by molar-refractivity contribution is 0.0775. The van der Waals surface area contributed by atoms with Gasteiger partial charge in [-0.15, -0.1) is 0 Å². The number of hydrogen-bond donors (Lipinski definition) is 1. The molecular weight excluding hydrogens is 387 g/mol. The fourth-order valence-corrected chi connectivity index (χ4v) is 4.21. The lowest BCUT2D eigenvalue weighted by atomic mass is 9.98. The zero-order valence-corrected chi connectivity index (χ0v) is 17.3. The molecule has 1 saturated heterocycles. The molecular formula is C23H27FN2O4. The molecule has 2 aromatic rings. The van der Waals surface area contributed by atoms with Crippen LogP contribution in [0.15, 0.2) is 36.4 Å². The van der Waals surface area contributed by atoms with E-state index in [1.807, 2.05) is 12.1 Å². The third-order valence-electron chi connectivity index (χ3n) is 5.85. The number of ether oxygens (including phenoxy) is 3. The van der Waals surface area contributed by atoms with Crippen LogP contribution in [0.2, 0.25) is 0 Å². The third-order valence-corrected chi connectivity index (χ3v) is 5.85. The van der Waals surface area contributed by atoms with Crippen LogP contribution in [0, 0.1) is 5.82 Å². The Bertz CT molecular complexity index is 897. The molecule has 2 heterocycles. The molecule has 1 fully saturated rings. The van der Waals surface area contributed by atoms with Gasteiger partial charge in [-0.2, -0.15) is 0 Å². The molecule has 0 aromatic heterocycles. The van der Waals surface area contributed by atoms with Crippen molar-refractivity contribution in [2.75, 3.05) is 27.4 Å². The number of benzene rings is 2. The van der Waals surface area contributed by atoms with E-state index in [-0.39, 0.29) is 24.0 Å². The quantitative estimate of drug-likeness (QED) is 0.808. The largest absolute Gasteiger partial charge is 0.493 e. The number of amides is 2. The number of carbonyl (C=O) groups is 1. The Morgan fingerprint density at radius 1 is 1.17 bits per heavy atom. The van der Waals surface area contributed by atoms with E-state index in [0.717, 1.165) is 36.0 Å². The molecule has 4 rings (SSSR count). The first kappa shape index (κ1) is 20.5. The summed E-state index contributed by atoms with van der Waals surface area (Å²) in [6.45, 7) is 1.77. The van der Waals surface area contributed by atoms with Gasteiger partial charge in [0.15, 0.2) is 11.5 Å². The van der Waals surface area contributed by atoms with E-state index >= 15 is 0 Å². The molecule has 2 aromatic carbocycles. The summed E-state index contributed by atoms with van der Waals surface area (Å²) in [5.41, 5.74) is 3.05. The average Bonchev–Trinajstić information content (AvgIpc) is 3.31. The molecule has 0 bridgehead atoms. The second-order valence-electron chi connectivity index (χ2n) is 7.68. The van der Waals surface area contributed by atoms with Crippen molar-refractivity contribution < 1.29 is 23.4 Å². The van der Waals surface area contributed by atoms with Crippen LogP contribution < -0.4 is 14.8 Å². The van der Waals surface area contributed by atoms with Crippen molar-refractivity contribution >= 4 is 6.03 Å². The van der Waals surface area contributed by atoms with Crippen molar-refractivity contribution in [3.8, 4) is 11.5 Å². The predicted molar refractivity (Wildman–Crippen MR) is 110 cm³/mol. The van der Waals surface area contributed by atoms with Crippen molar-refractivity contribution in [1.29, 1.82) is 0 Å². The number of halogens is 1. The van der Waals surface area contributed by atoms with Gasteiger partial charge in [0.2, 0.25) is 0 Å². The number of methoxy groups -OCH3 is 2. The first-order chi connectivity index (χ1) is 14.6. The molecule has 2 unspecified atom stereocenters. The van der Waals surface area contributed by atoms with Gasteiger partial charge in [0, 0.05) is 19.7 Å². The van der Waals surface area contributed by atoms with Crippen LogP contribution in [-0.2, 0) is 17.7 Å². The fraction of sp³-hybridized carbons (Fsp3) is 0.435. The number of urea groups is 1. The van der Waals surface area contributed by atoms with Crippen molar-refractivity contribution in [3.63, 3.8) is 0 Å². The zero-order chi connectivity index (χ0) is 21.1. The topological polar surface area (TPSA) is 60.0 Å². The van der Waals surface area contributed by atoms with E-state index in [1.165, 1.54) is 12.1 Å². The van der Waals surface area contributed by atoms with Gasteiger partial charge in [-0.05, 0) is 60.2 Å². The number of carbonyl (C=O) groups excluding carboxylic acids is 1. The maximum Gasteiger partial charge on any atom is 0.318 e. The molecule has 0 saturated carbocycles. The monoisotopic (exact) mass is 414 g/mol. The molecule has 2 aliphatic heterocycles. The second kappa shape index (κ2) is 8.92. The average molecular weight is 414 g/mol. The number of fused-ring (bicyclic) bond motifs is 1. The van der Waals surface area contributed by atoms with Crippen molar-refractivity contribution in [3.05, 3.63) is 58.9 Å². The number of hydrogen-bond acceptors (Lipinski definition) is 4. The Kier molecular flexibility index (Phi) is 6.08. The lowest BCUT2D eigenvalue weighted by Gasteiger charge is -2.32. The zero-order valence-electron chi connectivity index (χ0n) is 17.3. The third kappa shape index (κ3) is 4.21. The molecule has 7 heteroatoms. The highest BCUT2D eigenvalue weighted by Crippen LogP contribution is 2.33. The lowest BCUT2D eigenvalue weighted by Crippen LogP contribution is -2.46. The summed E-state index contributed by atoms with van der Waals surface area (Å²) in [6.07, 6.45) is 2.45. The van der Waals surface area contributed by atoms with Crippen molar-refractivity contribution in [2.24, 2.45) is 0 Å². The summed E-state index contributed by atoms with van der Waals surface area (Å²) in [5.74, 6) is 1.05. The summed E-state index contributed by atoms with van der Waals surface area (Å²) in [6, 6.07) is 9.71. The molecule has 2 atom stereocenters. The van der Waals surface area contributed by atoms with Crippen molar-refractivity contribution in [2.45, 2.75) is 38.0 Å². The van der Waals surface area contributed by atoms with E-state index in [2.05, 4.69) is 5.32 Å². The Balaban J connectivity index is 1.51. The highest BCUT2D eigenvalue weighted by Gasteiger charge is 2.31. The van der Waals surface area contributed by atoms with Crippen LogP contribution in [0.25, 0.3) is 0 Å². The molecule has 1 N–H and O–H groups in total.